The van der Waals surface area contributed by atoms with Crippen molar-refractivity contribution in [2.45, 2.75) is 0 Å². The van der Waals surface area contributed by atoms with Gasteiger partial charge < -0.3 is 19.9 Å². The van der Waals surface area contributed by atoms with Gasteiger partial charge in [0.1, 0.15) is 5.75 Å². The molecule has 2 N–H and O–H groups in total. The van der Waals surface area contributed by atoms with Gasteiger partial charge in [-0.2, -0.15) is 0 Å². The number of ether oxygens (including phenoxy) is 2. The largest absolute Gasteiger partial charge is 0.495 e. The van der Waals surface area contributed by atoms with E-state index in [1.165, 1.54) is 7.11 Å². The molecule has 6 nitrogen and oxygen atoms in total. The number of carboxylic acid groups (broad SMARTS) is 1. The number of ketones is 1. The van der Waals surface area contributed by atoms with Gasteiger partial charge in [-0.3, -0.25) is 4.79 Å². The zero-order valence-electron chi connectivity index (χ0n) is 9.60. The van der Waals surface area contributed by atoms with E-state index in [1.807, 2.05) is 0 Å². The highest BCUT2D eigenvalue weighted by atomic mass is 16.5. The monoisotopic (exact) mass is 249 g/mol. The summed E-state index contributed by atoms with van der Waals surface area (Å²) in [7, 11) is 1.49. The van der Waals surface area contributed by atoms with Crippen molar-refractivity contribution in [2.24, 2.45) is 0 Å². The maximum absolute atomic E-state index is 11.3. The van der Waals surface area contributed by atoms with Crippen molar-refractivity contribution in [3.05, 3.63) is 35.7 Å². The van der Waals surface area contributed by atoms with Crippen LogP contribution in [-0.4, -0.2) is 30.6 Å². The average Bonchev–Trinajstić information content (AvgIpc) is 2.71. The van der Waals surface area contributed by atoms with E-state index in [4.69, 9.17) is 14.6 Å². The fourth-order valence-corrected chi connectivity index (χ4v) is 1.59. The molecule has 1 heterocycles. The Balaban J connectivity index is 2.33. The molecule has 1 aliphatic rings. The molecule has 0 fully saturated rings. The molecule has 0 saturated heterocycles. The molecule has 6 heteroatoms. The van der Waals surface area contributed by atoms with E-state index in [-0.39, 0.29) is 18.1 Å². The third-order valence-corrected chi connectivity index (χ3v) is 2.42. The quantitative estimate of drug-likeness (QED) is 0.774. The Labute approximate surface area is 103 Å². The predicted octanol–water partition coefficient (Wildman–Crippen LogP) is 1.00. The number of carbonyl (C=O) groups excluding carboxylic acids is 1. The molecule has 0 bridgehead atoms. The topological polar surface area (TPSA) is 84.9 Å². The Kier molecular flexibility index (Phi) is 3.18. The van der Waals surface area contributed by atoms with E-state index >= 15 is 0 Å². The van der Waals surface area contributed by atoms with Crippen LogP contribution in [0.4, 0.5) is 5.69 Å². The number of para-hydroxylation sites is 2. The zero-order valence-corrected chi connectivity index (χ0v) is 9.60. The highest BCUT2D eigenvalue weighted by molar-refractivity contribution is 6.19. The lowest BCUT2D eigenvalue weighted by molar-refractivity contribution is -0.134. The van der Waals surface area contributed by atoms with Crippen LogP contribution in [0, 0.1) is 0 Å². The number of nitrogens with one attached hydrogen (secondary N) is 1. The van der Waals surface area contributed by atoms with E-state index in [9.17, 15) is 9.59 Å². The third kappa shape index (κ3) is 2.13. The smallest absolute Gasteiger partial charge is 0.344 e. The van der Waals surface area contributed by atoms with Gasteiger partial charge in [0.25, 0.3) is 0 Å². The number of hydrogen-bond donors (Lipinski definition) is 2. The first-order valence-corrected chi connectivity index (χ1v) is 5.17. The van der Waals surface area contributed by atoms with E-state index in [1.54, 1.807) is 24.3 Å². The molecule has 0 amide bonds. The van der Waals surface area contributed by atoms with E-state index in [0.717, 1.165) is 0 Å². The zero-order chi connectivity index (χ0) is 13.1. The molecule has 0 saturated carbocycles. The summed E-state index contributed by atoms with van der Waals surface area (Å²) in [5.74, 6) is -1.40. The molecule has 0 spiro atoms. The number of Topliss-reactive ketones (excluding diaryl/α,β-unsaturated/α-hetero) is 1. The summed E-state index contributed by atoms with van der Waals surface area (Å²) in [4.78, 5) is 22.3. The number of benzene rings is 1. The van der Waals surface area contributed by atoms with E-state index in [0.29, 0.717) is 11.4 Å². The number of anilines is 1. The Hall–Kier alpha value is -2.50. The maximum Gasteiger partial charge on any atom is 0.344 e. The first-order valence-electron chi connectivity index (χ1n) is 5.17. The summed E-state index contributed by atoms with van der Waals surface area (Å²) < 4.78 is 10.1. The molecule has 2 rings (SSSR count). The summed E-state index contributed by atoms with van der Waals surface area (Å²) in [6, 6.07) is 6.93. The minimum absolute atomic E-state index is 0.0583. The highest BCUT2D eigenvalue weighted by Gasteiger charge is 2.31. The van der Waals surface area contributed by atoms with Crippen LogP contribution >= 0.6 is 0 Å². The van der Waals surface area contributed by atoms with Gasteiger partial charge in [-0.15, -0.1) is 0 Å². The number of hydrogen-bond acceptors (Lipinski definition) is 5. The molecule has 0 aromatic heterocycles. The van der Waals surface area contributed by atoms with Gasteiger partial charge in [0.05, 0.1) is 12.8 Å². The van der Waals surface area contributed by atoms with Crippen LogP contribution in [-0.2, 0) is 14.3 Å². The summed E-state index contributed by atoms with van der Waals surface area (Å²) in [5, 5.41) is 11.7. The van der Waals surface area contributed by atoms with Crippen LogP contribution in [0.1, 0.15) is 0 Å². The predicted molar refractivity (Wildman–Crippen MR) is 62.2 cm³/mol. The minimum atomic E-state index is -1.31. The van der Waals surface area contributed by atoms with Gasteiger partial charge in [-0.05, 0) is 12.1 Å². The van der Waals surface area contributed by atoms with Crippen LogP contribution in [0.25, 0.3) is 0 Å². The minimum Gasteiger partial charge on any atom is -0.495 e. The Morgan fingerprint density at radius 1 is 1.44 bits per heavy atom. The number of rotatable bonds is 4. The van der Waals surface area contributed by atoms with Crippen LogP contribution < -0.4 is 10.1 Å². The van der Waals surface area contributed by atoms with Crippen molar-refractivity contribution in [1.29, 1.82) is 0 Å². The number of carbonyl (C=O) groups is 2. The molecule has 0 aliphatic carbocycles. The molecule has 1 aromatic rings. The normalized spacial score (nSPS) is 14.4. The van der Waals surface area contributed by atoms with Gasteiger partial charge in [-0.25, -0.2) is 4.79 Å². The second-order valence-electron chi connectivity index (χ2n) is 3.55. The van der Waals surface area contributed by atoms with E-state index in [2.05, 4.69) is 5.32 Å². The summed E-state index contributed by atoms with van der Waals surface area (Å²) >= 11 is 0. The molecule has 1 aromatic carbocycles. The second kappa shape index (κ2) is 4.79. The number of methoxy groups -OCH3 is 1. The number of carboxylic acids is 1. The van der Waals surface area contributed by atoms with Crippen molar-refractivity contribution in [3.63, 3.8) is 0 Å². The summed E-state index contributed by atoms with van der Waals surface area (Å²) in [6.07, 6.45) is 0. The standard InChI is InChI=1S/C12H11NO5/c1-17-9-5-3-2-4-7(9)13-11-10(12(15)16)8(14)6-18-11/h2-5,13H,6H2,1H3,(H,15,16). The molecular weight excluding hydrogens is 238 g/mol. The van der Waals surface area contributed by atoms with Crippen LogP contribution in [0.15, 0.2) is 35.7 Å². The maximum atomic E-state index is 11.3. The van der Waals surface area contributed by atoms with Crippen molar-refractivity contribution in [1.82, 2.24) is 0 Å². The average molecular weight is 249 g/mol. The second-order valence-corrected chi connectivity index (χ2v) is 3.55. The molecule has 0 atom stereocenters. The third-order valence-electron chi connectivity index (χ3n) is 2.42. The van der Waals surface area contributed by atoms with Crippen molar-refractivity contribution >= 4 is 17.4 Å². The summed E-state index contributed by atoms with van der Waals surface area (Å²) in [6.45, 7) is -0.265. The van der Waals surface area contributed by atoms with Crippen molar-refractivity contribution in [3.8, 4) is 5.75 Å². The SMILES string of the molecule is COc1ccccc1NC1=C(C(=O)O)C(=O)CO1. The lowest BCUT2D eigenvalue weighted by Crippen LogP contribution is -2.12. The van der Waals surface area contributed by atoms with Gasteiger partial charge >= 0.3 is 5.97 Å². The molecule has 94 valence electrons. The van der Waals surface area contributed by atoms with Gasteiger partial charge in [0, 0.05) is 0 Å². The first-order chi connectivity index (χ1) is 8.63. The van der Waals surface area contributed by atoms with Crippen molar-refractivity contribution < 1.29 is 24.2 Å². The molecule has 0 unspecified atom stereocenters. The first kappa shape index (κ1) is 12.0. The van der Waals surface area contributed by atoms with Gasteiger partial charge in [0.2, 0.25) is 11.7 Å². The lowest BCUT2D eigenvalue weighted by Gasteiger charge is -2.11. The highest BCUT2D eigenvalue weighted by Crippen LogP contribution is 2.27. The van der Waals surface area contributed by atoms with Crippen LogP contribution in [0.5, 0.6) is 5.75 Å². The summed E-state index contributed by atoms with van der Waals surface area (Å²) in [5.41, 5.74) is 0.157. The Bertz CT molecular complexity index is 535. The Morgan fingerprint density at radius 3 is 2.83 bits per heavy atom. The van der Waals surface area contributed by atoms with E-state index < -0.39 is 11.8 Å². The molecule has 0 radical (unpaired) electrons. The molecular formula is C12H11NO5. The fourth-order valence-electron chi connectivity index (χ4n) is 1.59. The van der Waals surface area contributed by atoms with Crippen molar-refractivity contribution in [2.75, 3.05) is 19.0 Å². The lowest BCUT2D eigenvalue weighted by atomic mass is 10.2. The van der Waals surface area contributed by atoms with Gasteiger partial charge in [0.15, 0.2) is 12.2 Å². The molecule has 1 aliphatic heterocycles. The number of aliphatic carboxylic acids is 1. The van der Waals surface area contributed by atoms with Gasteiger partial charge in [-0.1, -0.05) is 12.1 Å². The van der Waals surface area contributed by atoms with Crippen LogP contribution in [0.2, 0.25) is 0 Å². The Morgan fingerprint density at radius 2 is 2.17 bits per heavy atom. The molecule has 18 heavy (non-hydrogen) atoms. The fraction of sp³-hybridized carbons (Fsp3) is 0.167. The van der Waals surface area contributed by atoms with Crippen LogP contribution in [0.3, 0.4) is 0 Å².